The van der Waals surface area contributed by atoms with Gasteiger partial charge in [-0.25, -0.2) is 0 Å². The van der Waals surface area contributed by atoms with Crippen molar-refractivity contribution in [2.24, 2.45) is 0 Å². The highest BCUT2D eigenvalue weighted by molar-refractivity contribution is 5.70. The van der Waals surface area contributed by atoms with E-state index in [1.54, 1.807) is 7.11 Å². The Kier molecular flexibility index (Phi) is 8.62. The molecule has 0 unspecified atom stereocenters. The Morgan fingerprint density at radius 2 is 1.85 bits per heavy atom. The Hall–Kier alpha value is -1.43. The molecule has 0 saturated carbocycles. The normalized spacial score (nSPS) is 10.7. The lowest BCUT2D eigenvalue weighted by Crippen LogP contribution is -2.17. The Morgan fingerprint density at radius 1 is 1.15 bits per heavy atom. The summed E-state index contributed by atoms with van der Waals surface area (Å²) in [6.07, 6.45) is 1.04. The number of ether oxygens (including phenoxy) is 2. The van der Waals surface area contributed by atoms with Crippen molar-refractivity contribution in [3.63, 3.8) is 0 Å². The van der Waals surface area contributed by atoms with E-state index in [0.717, 1.165) is 37.2 Å². The van der Waals surface area contributed by atoms with Gasteiger partial charge in [0.25, 0.3) is 0 Å². The molecule has 0 aliphatic heterocycles. The van der Waals surface area contributed by atoms with E-state index in [-0.39, 0.29) is 6.42 Å². The molecule has 1 aromatic rings. The van der Waals surface area contributed by atoms with Gasteiger partial charge in [-0.05, 0) is 24.1 Å². The molecule has 5 heteroatoms. The topological polar surface area (TPSA) is 67.8 Å². The third kappa shape index (κ3) is 7.89. The number of methoxy groups -OCH3 is 1. The van der Waals surface area contributed by atoms with Crippen molar-refractivity contribution >= 4 is 5.97 Å². The number of nitrogens with one attached hydrogen (secondary N) is 1. The van der Waals surface area contributed by atoms with Gasteiger partial charge in [0.1, 0.15) is 0 Å². The van der Waals surface area contributed by atoms with Crippen LogP contribution in [0.15, 0.2) is 24.3 Å². The molecule has 0 heterocycles. The first-order chi connectivity index (χ1) is 9.72. The first kappa shape index (κ1) is 16.6. The Balaban J connectivity index is 2.08. The first-order valence-electron chi connectivity index (χ1n) is 6.79. The second kappa shape index (κ2) is 10.4. The molecule has 0 aromatic heterocycles. The number of rotatable bonds is 11. The predicted molar refractivity (Wildman–Crippen MR) is 76.8 cm³/mol. The summed E-state index contributed by atoms with van der Waals surface area (Å²) in [5.41, 5.74) is 1.98. The van der Waals surface area contributed by atoms with Gasteiger partial charge in [-0.3, -0.25) is 4.79 Å². The fourth-order valence-electron chi connectivity index (χ4n) is 1.73. The number of aliphatic carboxylic acids is 1. The van der Waals surface area contributed by atoms with Gasteiger partial charge in [0.2, 0.25) is 0 Å². The number of hydrogen-bond acceptors (Lipinski definition) is 4. The van der Waals surface area contributed by atoms with Crippen LogP contribution in [0.3, 0.4) is 0 Å². The van der Waals surface area contributed by atoms with Gasteiger partial charge in [-0.2, -0.15) is 0 Å². The molecule has 5 nitrogen and oxygen atoms in total. The van der Waals surface area contributed by atoms with Gasteiger partial charge in [0.15, 0.2) is 0 Å². The zero-order chi connectivity index (χ0) is 14.6. The molecule has 2 N–H and O–H groups in total. The van der Waals surface area contributed by atoms with Crippen LogP contribution >= 0.6 is 0 Å². The molecule has 1 rings (SSSR count). The average Bonchev–Trinajstić information content (AvgIpc) is 2.43. The summed E-state index contributed by atoms with van der Waals surface area (Å²) in [5.74, 6) is -0.802. The van der Waals surface area contributed by atoms with E-state index in [1.807, 2.05) is 24.3 Å². The Labute approximate surface area is 119 Å². The standard InChI is InChI=1S/C15H23NO4/c1-19-9-10-20-8-2-7-16-12-14-5-3-13(4-6-14)11-15(17)18/h3-6,16H,2,7-12H2,1H3,(H,17,18). The van der Waals surface area contributed by atoms with E-state index < -0.39 is 5.97 Å². The monoisotopic (exact) mass is 281 g/mol. The van der Waals surface area contributed by atoms with Crippen molar-refractivity contribution in [2.45, 2.75) is 19.4 Å². The average molecular weight is 281 g/mol. The van der Waals surface area contributed by atoms with Gasteiger partial charge in [0.05, 0.1) is 19.6 Å². The Morgan fingerprint density at radius 3 is 2.50 bits per heavy atom. The molecule has 0 aliphatic carbocycles. The van der Waals surface area contributed by atoms with Gasteiger partial charge in [0, 0.05) is 20.3 Å². The molecule has 0 saturated heterocycles. The van der Waals surface area contributed by atoms with Crippen molar-refractivity contribution < 1.29 is 19.4 Å². The maximum absolute atomic E-state index is 10.6. The fourth-order valence-corrected chi connectivity index (χ4v) is 1.73. The smallest absolute Gasteiger partial charge is 0.307 e. The highest BCUT2D eigenvalue weighted by atomic mass is 16.5. The molecule has 0 spiro atoms. The minimum absolute atomic E-state index is 0.0759. The van der Waals surface area contributed by atoms with Crippen LogP contribution in [0.4, 0.5) is 0 Å². The number of carboxylic acids is 1. The maximum atomic E-state index is 10.6. The van der Waals surface area contributed by atoms with E-state index in [0.29, 0.717) is 13.2 Å². The number of hydrogen-bond donors (Lipinski definition) is 2. The molecule has 0 fully saturated rings. The molecule has 0 aliphatic rings. The number of benzene rings is 1. The zero-order valence-electron chi connectivity index (χ0n) is 11.9. The minimum atomic E-state index is -0.802. The Bertz CT molecular complexity index is 378. The number of carbonyl (C=O) groups is 1. The van der Waals surface area contributed by atoms with Crippen molar-refractivity contribution in [1.82, 2.24) is 5.32 Å². The molecule has 0 radical (unpaired) electrons. The minimum Gasteiger partial charge on any atom is -0.481 e. The van der Waals surface area contributed by atoms with Crippen LogP contribution in [0, 0.1) is 0 Å². The highest BCUT2D eigenvalue weighted by Crippen LogP contribution is 2.05. The van der Waals surface area contributed by atoms with Crippen molar-refractivity contribution in [1.29, 1.82) is 0 Å². The maximum Gasteiger partial charge on any atom is 0.307 e. The van der Waals surface area contributed by atoms with E-state index >= 15 is 0 Å². The third-order valence-corrected chi connectivity index (χ3v) is 2.78. The molecule has 0 atom stereocenters. The van der Waals surface area contributed by atoms with E-state index in [9.17, 15) is 4.79 Å². The van der Waals surface area contributed by atoms with Gasteiger partial charge in [-0.15, -0.1) is 0 Å². The second-order valence-electron chi connectivity index (χ2n) is 4.52. The van der Waals surface area contributed by atoms with Crippen LogP contribution in [0.2, 0.25) is 0 Å². The van der Waals surface area contributed by atoms with Crippen LogP contribution in [-0.4, -0.2) is 44.6 Å². The highest BCUT2D eigenvalue weighted by Gasteiger charge is 2.00. The van der Waals surface area contributed by atoms with Gasteiger partial charge >= 0.3 is 5.97 Å². The summed E-state index contributed by atoms with van der Waals surface area (Å²) >= 11 is 0. The molecule has 0 bridgehead atoms. The lowest BCUT2D eigenvalue weighted by molar-refractivity contribution is -0.136. The summed E-state index contributed by atoms with van der Waals surface area (Å²) in [5, 5.41) is 12.0. The van der Waals surface area contributed by atoms with Crippen LogP contribution < -0.4 is 5.32 Å². The summed E-state index contributed by atoms with van der Waals surface area (Å²) < 4.78 is 10.2. The van der Waals surface area contributed by atoms with Crippen LogP contribution in [0.1, 0.15) is 17.5 Å². The van der Waals surface area contributed by atoms with Crippen molar-refractivity contribution in [2.75, 3.05) is 33.5 Å². The van der Waals surface area contributed by atoms with E-state index in [1.165, 1.54) is 0 Å². The quantitative estimate of drug-likeness (QED) is 0.601. The fraction of sp³-hybridized carbons (Fsp3) is 0.533. The molecular weight excluding hydrogens is 258 g/mol. The van der Waals surface area contributed by atoms with Crippen LogP contribution in [-0.2, 0) is 27.2 Å². The lowest BCUT2D eigenvalue weighted by Gasteiger charge is -2.06. The summed E-state index contributed by atoms with van der Waals surface area (Å²) in [4.78, 5) is 10.6. The molecule has 112 valence electrons. The third-order valence-electron chi connectivity index (χ3n) is 2.78. The largest absolute Gasteiger partial charge is 0.481 e. The van der Waals surface area contributed by atoms with Crippen LogP contribution in [0.25, 0.3) is 0 Å². The lowest BCUT2D eigenvalue weighted by atomic mass is 10.1. The second-order valence-corrected chi connectivity index (χ2v) is 4.52. The van der Waals surface area contributed by atoms with Gasteiger partial charge in [-0.1, -0.05) is 24.3 Å². The summed E-state index contributed by atoms with van der Waals surface area (Å²) in [7, 11) is 1.66. The van der Waals surface area contributed by atoms with Gasteiger partial charge < -0.3 is 19.9 Å². The number of carboxylic acid groups (broad SMARTS) is 1. The first-order valence-corrected chi connectivity index (χ1v) is 6.79. The molecule has 0 amide bonds. The molecule has 1 aromatic carbocycles. The zero-order valence-corrected chi connectivity index (χ0v) is 11.9. The van der Waals surface area contributed by atoms with Crippen LogP contribution in [0.5, 0.6) is 0 Å². The summed E-state index contributed by atoms with van der Waals surface area (Å²) in [6.45, 7) is 3.68. The SMILES string of the molecule is COCCOCCCNCc1ccc(CC(=O)O)cc1. The predicted octanol–water partition coefficient (Wildman–Crippen LogP) is 1.46. The molecular formula is C15H23NO4. The summed E-state index contributed by atoms with van der Waals surface area (Å²) in [6, 6.07) is 7.64. The van der Waals surface area contributed by atoms with E-state index in [4.69, 9.17) is 14.6 Å². The van der Waals surface area contributed by atoms with E-state index in [2.05, 4.69) is 5.32 Å². The molecule has 20 heavy (non-hydrogen) atoms. The van der Waals surface area contributed by atoms with Crippen molar-refractivity contribution in [3.05, 3.63) is 35.4 Å². The van der Waals surface area contributed by atoms with Crippen molar-refractivity contribution in [3.8, 4) is 0 Å².